The van der Waals surface area contributed by atoms with Crippen LogP contribution in [0, 0.1) is 10.1 Å². The minimum atomic E-state index is -3.99. The van der Waals surface area contributed by atoms with Crippen molar-refractivity contribution in [2.75, 3.05) is 0 Å². The fourth-order valence-electron chi connectivity index (χ4n) is 3.76. The molecule has 1 aromatic heterocycles. The van der Waals surface area contributed by atoms with Gasteiger partial charge in [-0.25, -0.2) is 8.42 Å². The number of halogens is 1. The summed E-state index contributed by atoms with van der Waals surface area (Å²) in [5, 5.41) is 16.2. The van der Waals surface area contributed by atoms with Gasteiger partial charge in [-0.15, -0.1) is 0 Å². The van der Waals surface area contributed by atoms with Crippen molar-refractivity contribution < 1.29 is 18.1 Å². The molecule has 0 N–H and O–H groups in total. The Balaban J connectivity index is 1.87. The molecule has 0 unspecified atom stereocenters. The van der Waals surface area contributed by atoms with Crippen molar-refractivity contribution in [1.29, 1.82) is 0 Å². The fourth-order valence-corrected chi connectivity index (χ4v) is 4.56. The summed E-state index contributed by atoms with van der Waals surface area (Å²) in [6, 6.07) is 9.77. The number of ketones is 1. The van der Waals surface area contributed by atoms with Gasteiger partial charge in [0.1, 0.15) is 5.69 Å². The molecule has 1 aliphatic carbocycles. The Hall–Kier alpha value is -2.78. The Bertz CT molecular complexity index is 1250. The molecule has 0 spiro atoms. The van der Waals surface area contributed by atoms with Crippen LogP contribution >= 0.6 is 10.7 Å². The van der Waals surface area contributed by atoms with Gasteiger partial charge in [0, 0.05) is 33.8 Å². The van der Waals surface area contributed by atoms with Crippen LogP contribution in [0.25, 0.3) is 10.9 Å². The Morgan fingerprint density at radius 2 is 1.90 bits per heavy atom. The third-order valence-electron chi connectivity index (χ3n) is 5.17. The number of non-ortho nitro benzene ring substituents is 1. The van der Waals surface area contributed by atoms with Crippen molar-refractivity contribution in [2.45, 2.75) is 36.6 Å². The standard InChI is InChI=1S/C19H16ClN3O5S/c20-29(27,28)15-7-3-4-12(10-15)19(24)18-16-9-8-14(23(25)26)11-17(16)22(21-18)13-5-1-2-6-13/h3-4,7-11,13H,1-2,5-6H2. The van der Waals surface area contributed by atoms with E-state index in [9.17, 15) is 23.3 Å². The van der Waals surface area contributed by atoms with E-state index in [-0.39, 0.29) is 27.9 Å². The number of nitro benzene ring substituents is 1. The summed E-state index contributed by atoms with van der Waals surface area (Å²) in [6.07, 6.45) is 3.82. The third-order valence-corrected chi connectivity index (χ3v) is 6.52. The molecule has 1 aliphatic rings. The van der Waals surface area contributed by atoms with E-state index >= 15 is 0 Å². The van der Waals surface area contributed by atoms with Crippen LogP contribution in [0.1, 0.15) is 47.8 Å². The van der Waals surface area contributed by atoms with Gasteiger partial charge in [-0.05, 0) is 31.0 Å². The first-order valence-corrected chi connectivity index (χ1v) is 11.3. The lowest BCUT2D eigenvalue weighted by molar-refractivity contribution is -0.384. The van der Waals surface area contributed by atoms with Gasteiger partial charge in [0.2, 0.25) is 5.78 Å². The molecule has 1 heterocycles. The van der Waals surface area contributed by atoms with E-state index in [4.69, 9.17) is 10.7 Å². The molecular formula is C19H16ClN3O5S. The van der Waals surface area contributed by atoms with Gasteiger partial charge in [0.25, 0.3) is 14.7 Å². The summed E-state index contributed by atoms with van der Waals surface area (Å²) in [4.78, 5) is 23.7. The molecule has 2 aromatic carbocycles. The van der Waals surface area contributed by atoms with Crippen molar-refractivity contribution in [2.24, 2.45) is 0 Å². The number of rotatable bonds is 5. The van der Waals surface area contributed by atoms with Crippen LogP contribution < -0.4 is 0 Å². The van der Waals surface area contributed by atoms with Crippen LogP contribution in [0.4, 0.5) is 5.69 Å². The predicted molar refractivity (Wildman–Crippen MR) is 107 cm³/mol. The number of hydrogen-bond donors (Lipinski definition) is 0. The SMILES string of the molecule is O=C(c1cccc(S(=O)(=O)Cl)c1)c1nn(C2CCCC2)c2cc([N+](=O)[O-])ccc12. The van der Waals surface area contributed by atoms with Crippen LogP contribution in [0.2, 0.25) is 0 Å². The number of carbonyl (C=O) groups excluding carboxylic acids is 1. The molecular weight excluding hydrogens is 418 g/mol. The maximum atomic E-state index is 13.1. The molecule has 1 saturated carbocycles. The number of nitro groups is 1. The molecule has 0 aliphatic heterocycles. The second kappa shape index (κ2) is 7.23. The maximum absolute atomic E-state index is 13.1. The zero-order valence-electron chi connectivity index (χ0n) is 15.1. The lowest BCUT2D eigenvalue weighted by Crippen LogP contribution is -2.09. The Morgan fingerprint density at radius 1 is 1.17 bits per heavy atom. The number of nitrogens with zero attached hydrogens (tertiary/aromatic N) is 3. The average molecular weight is 434 g/mol. The summed E-state index contributed by atoms with van der Waals surface area (Å²) < 4.78 is 24.9. The highest BCUT2D eigenvalue weighted by Gasteiger charge is 2.26. The van der Waals surface area contributed by atoms with Gasteiger partial charge in [-0.2, -0.15) is 5.10 Å². The number of hydrogen-bond acceptors (Lipinski definition) is 6. The highest BCUT2D eigenvalue weighted by atomic mass is 35.7. The Labute approximate surface area is 170 Å². The monoisotopic (exact) mass is 433 g/mol. The van der Waals surface area contributed by atoms with Gasteiger partial charge in [0.15, 0.2) is 0 Å². The van der Waals surface area contributed by atoms with Gasteiger partial charge in [-0.3, -0.25) is 19.6 Å². The number of aromatic nitrogens is 2. The highest BCUT2D eigenvalue weighted by Crippen LogP contribution is 2.34. The van der Waals surface area contributed by atoms with Crippen molar-refractivity contribution >= 4 is 42.1 Å². The van der Waals surface area contributed by atoms with Crippen molar-refractivity contribution in [3.63, 3.8) is 0 Å². The zero-order chi connectivity index (χ0) is 20.8. The minimum absolute atomic E-state index is 0.0654. The lowest BCUT2D eigenvalue weighted by atomic mass is 10.1. The normalized spacial score (nSPS) is 15.1. The van der Waals surface area contributed by atoms with Crippen molar-refractivity contribution in [3.05, 3.63) is 63.8 Å². The topological polar surface area (TPSA) is 112 Å². The molecule has 0 radical (unpaired) electrons. The van der Waals surface area contributed by atoms with Gasteiger partial charge in [0.05, 0.1) is 21.4 Å². The highest BCUT2D eigenvalue weighted by molar-refractivity contribution is 8.13. The number of carbonyl (C=O) groups is 1. The first-order chi connectivity index (χ1) is 13.8. The van der Waals surface area contributed by atoms with Crippen LogP contribution in [0.3, 0.4) is 0 Å². The molecule has 1 fully saturated rings. The molecule has 0 atom stereocenters. The smallest absolute Gasteiger partial charge is 0.271 e. The largest absolute Gasteiger partial charge is 0.287 e. The summed E-state index contributed by atoms with van der Waals surface area (Å²) in [6.45, 7) is 0. The third kappa shape index (κ3) is 3.63. The second-order valence-corrected chi connectivity index (χ2v) is 9.55. The van der Waals surface area contributed by atoms with E-state index in [2.05, 4.69) is 5.10 Å². The lowest BCUT2D eigenvalue weighted by Gasteiger charge is -2.10. The van der Waals surface area contributed by atoms with Crippen molar-refractivity contribution in [3.8, 4) is 0 Å². The van der Waals surface area contributed by atoms with Crippen LogP contribution in [-0.2, 0) is 9.05 Å². The van der Waals surface area contributed by atoms with Gasteiger partial charge >= 0.3 is 0 Å². The molecule has 150 valence electrons. The fraction of sp³-hybridized carbons (Fsp3) is 0.263. The minimum Gasteiger partial charge on any atom is -0.287 e. The molecule has 8 nitrogen and oxygen atoms in total. The summed E-state index contributed by atoms with van der Waals surface area (Å²) in [5.41, 5.74) is 0.704. The predicted octanol–water partition coefficient (Wildman–Crippen LogP) is 4.22. The summed E-state index contributed by atoms with van der Waals surface area (Å²) in [5.74, 6) is -0.470. The quantitative estimate of drug-likeness (QED) is 0.257. The van der Waals surface area contributed by atoms with Crippen LogP contribution in [0.5, 0.6) is 0 Å². The van der Waals surface area contributed by atoms with E-state index in [0.29, 0.717) is 10.9 Å². The number of fused-ring (bicyclic) bond motifs is 1. The first-order valence-electron chi connectivity index (χ1n) is 9.02. The first kappa shape index (κ1) is 19.5. The summed E-state index contributed by atoms with van der Waals surface area (Å²) in [7, 11) is 1.40. The summed E-state index contributed by atoms with van der Waals surface area (Å²) >= 11 is 0. The molecule has 0 amide bonds. The van der Waals surface area contributed by atoms with E-state index < -0.39 is 19.8 Å². The molecule has 29 heavy (non-hydrogen) atoms. The Kier molecular flexibility index (Phi) is 4.87. The average Bonchev–Trinajstić information content (AvgIpc) is 3.34. The zero-order valence-corrected chi connectivity index (χ0v) is 16.7. The van der Waals surface area contributed by atoms with Crippen molar-refractivity contribution in [1.82, 2.24) is 9.78 Å². The Morgan fingerprint density at radius 3 is 2.55 bits per heavy atom. The molecule has 0 saturated heterocycles. The maximum Gasteiger partial charge on any atom is 0.271 e. The van der Waals surface area contributed by atoms with E-state index in [1.54, 1.807) is 4.68 Å². The van der Waals surface area contributed by atoms with Gasteiger partial charge < -0.3 is 0 Å². The van der Waals surface area contributed by atoms with E-state index in [0.717, 1.165) is 25.7 Å². The molecule has 0 bridgehead atoms. The number of benzene rings is 2. The molecule has 10 heteroatoms. The van der Waals surface area contributed by atoms with E-state index in [1.807, 2.05) is 0 Å². The molecule has 3 aromatic rings. The molecule has 4 rings (SSSR count). The van der Waals surface area contributed by atoms with Gasteiger partial charge in [-0.1, -0.05) is 25.0 Å². The van der Waals surface area contributed by atoms with Crippen LogP contribution in [0.15, 0.2) is 47.4 Å². The second-order valence-electron chi connectivity index (χ2n) is 6.98. The van der Waals surface area contributed by atoms with Crippen LogP contribution in [-0.4, -0.2) is 28.9 Å². The van der Waals surface area contributed by atoms with E-state index in [1.165, 1.54) is 42.5 Å².